The molecule has 0 saturated heterocycles. The first-order valence-corrected chi connectivity index (χ1v) is 10.5. The summed E-state index contributed by atoms with van der Waals surface area (Å²) >= 11 is 0. The van der Waals surface area contributed by atoms with Crippen LogP contribution in [-0.4, -0.2) is 37.2 Å². The highest BCUT2D eigenvalue weighted by Gasteiger charge is 2.29. The van der Waals surface area contributed by atoms with E-state index in [0.29, 0.717) is 36.5 Å². The second-order valence-electron chi connectivity index (χ2n) is 7.56. The molecule has 162 valence electrons. The average molecular weight is 430 g/mol. The lowest BCUT2D eigenvalue weighted by molar-refractivity contribution is 0.0946. The van der Waals surface area contributed by atoms with E-state index in [1.165, 1.54) is 0 Å². The van der Waals surface area contributed by atoms with Crippen molar-refractivity contribution in [2.45, 2.75) is 32.2 Å². The molecule has 0 aliphatic heterocycles. The van der Waals surface area contributed by atoms with Crippen LogP contribution in [0.25, 0.3) is 17.3 Å². The summed E-state index contributed by atoms with van der Waals surface area (Å²) < 4.78 is 12.5. The van der Waals surface area contributed by atoms with Gasteiger partial charge in [0.2, 0.25) is 0 Å². The van der Waals surface area contributed by atoms with Crippen LogP contribution in [0.15, 0.2) is 59.6 Å². The van der Waals surface area contributed by atoms with E-state index in [0.717, 1.165) is 35.5 Å². The maximum atomic E-state index is 12.5. The van der Waals surface area contributed by atoms with Crippen LogP contribution in [0.2, 0.25) is 0 Å². The zero-order valence-corrected chi connectivity index (χ0v) is 17.6. The SMILES string of the molecule is CCOc1ccc(CNC(=O)c2cn(-c3ccc(-c4nc(C5CC5)no4)cn3)cn2)cc1. The fourth-order valence-electron chi connectivity index (χ4n) is 3.23. The van der Waals surface area contributed by atoms with Gasteiger partial charge >= 0.3 is 0 Å². The first-order valence-electron chi connectivity index (χ1n) is 10.5. The molecule has 1 aliphatic rings. The summed E-state index contributed by atoms with van der Waals surface area (Å²) in [5.41, 5.74) is 2.04. The molecule has 32 heavy (non-hydrogen) atoms. The highest BCUT2D eigenvalue weighted by molar-refractivity contribution is 5.92. The van der Waals surface area contributed by atoms with Crippen molar-refractivity contribution < 1.29 is 14.1 Å². The summed E-state index contributed by atoms with van der Waals surface area (Å²) in [5.74, 6) is 2.85. The zero-order valence-electron chi connectivity index (χ0n) is 17.6. The van der Waals surface area contributed by atoms with E-state index in [4.69, 9.17) is 9.26 Å². The Hall–Kier alpha value is -4.01. The van der Waals surface area contributed by atoms with Gasteiger partial charge in [0.25, 0.3) is 11.8 Å². The molecular weight excluding hydrogens is 408 g/mol. The molecule has 0 unspecified atom stereocenters. The minimum atomic E-state index is -0.257. The second-order valence-corrected chi connectivity index (χ2v) is 7.56. The van der Waals surface area contributed by atoms with Crippen LogP contribution in [0.3, 0.4) is 0 Å². The normalized spacial score (nSPS) is 13.2. The number of nitrogens with one attached hydrogen (secondary N) is 1. The van der Waals surface area contributed by atoms with Crippen LogP contribution in [0, 0.1) is 0 Å². The molecule has 9 heteroatoms. The summed E-state index contributed by atoms with van der Waals surface area (Å²) in [5, 5.41) is 6.90. The lowest BCUT2D eigenvalue weighted by Gasteiger charge is -2.06. The Morgan fingerprint density at radius 3 is 2.75 bits per heavy atom. The Balaban J connectivity index is 1.21. The molecule has 1 saturated carbocycles. The smallest absolute Gasteiger partial charge is 0.271 e. The van der Waals surface area contributed by atoms with Crippen molar-refractivity contribution in [1.29, 1.82) is 0 Å². The van der Waals surface area contributed by atoms with E-state index >= 15 is 0 Å². The highest BCUT2D eigenvalue weighted by atomic mass is 16.5. The molecule has 0 bridgehead atoms. The number of ether oxygens (including phenoxy) is 1. The van der Waals surface area contributed by atoms with Gasteiger partial charge in [-0.05, 0) is 49.6 Å². The predicted octanol–water partition coefficient (Wildman–Crippen LogP) is 3.52. The molecule has 4 aromatic rings. The topological polar surface area (TPSA) is 108 Å². The van der Waals surface area contributed by atoms with Crippen molar-refractivity contribution in [3.05, 3.63) is 72.2 Å². The first kappa shape index (κ1) is 19.9. The number of nitrogens with zero attached hydrogens (tertiary/aromatic N) is 5. The predicted molar refractivity (Wildman–Crippen MR) is 115 cm³/mol. The Bertz CT molecular complexity index is 1210. The maximum Gasteiger partial charge on any atom is 0.271 e. The van der Waals surface area contributed by atoms with Crippen molar-refractivity contribution in [3.63, 3.8) is 0 Å². The number of hydrogen-bond acceptors (Lipinski definition) is 7. The average Bonchev–Trinajstić information content (AvgIpc) is 3.34. The highest BCUT2D eigenvalue weighted by Crippen LogP contribution is 2.38. The van der Waals surface area contributed by atoms with Crippen LogP contribution in [0.4, 0.5) is 0 Å². The maximum absolute atomic E-state index is 12.5. The molecule has 5 rings (SSSR count). The Morgan fingerprint density at radius 2 is 2.03 bits per heavy atom. The van der Waals surface area contributed by atoms with Gasteiger partial charge in [0.1, 0.15) is 23.6 Å². The van der Waals surface area contributed by atoms with Crippen LogP contribution in [-0.2, 0) is 6.54 Å². The minimum Gasteiger partial charge on any atom is -0.494 e. The van der Waals surface area contributed by atoms with Crippen molar-refractivity contribution in [2.24, 2.45) is 0 Å². The summed E-state index contributed by atoms with van der Waals surface area (Å²) in [4.78, 5) is 25.5. The van der Waals surface area contributed by atoms with E-state index in [-0.39, 0.29) is 5.91 Å². The van der Waals surface area contributed by atoms with E-state index < -0.39 is 0 Å². The van der Waals surface area contributed by atoms with Crippen LogP contribution >= 0.6 is 0 Å². The van der Waals surface area contributed by atoms with Gasteiger partial charge in [-0.3, -0.25) is 9.36 Å². The van der Waals surface area contributed by atoms with Gasteiger partial charge in [0.05, 0.1) is 12.2 Å². The number of imidazole rings is 1. The fraction of sp³-hybridized carbons (Fsp3) is 0.261. The quantitative estimate of drug-likeness (QED) is 0.456. The van der Waals surface area contributed by atoms with Crippen LogP contribution in [0.5, 0.6) is 5.75 Å². The number of carbonyl (C=O) groups excluding carboxylic acids is 1. The third-order valence-electron chi connectivity index (χ3n) is 5.15. The molecule has 0 radical (unpaired) electrons. The van der Waals surface area contributed by atoms with Gasteiger partial charge in [-0.1, -0.05) is 17.3 Å². The molecule has 1 aliphatic carbocycles. The number of hydrogen-bond donors (Lipinski definition) is 1. The zero-order chi connectivity index (χ0) is 21.9. The van der Waals surface area contributed by atoms with Gasteiger partial charge in [-0.15, -0.1) is 0 Å². The third kappa shape index (κ3) is 4.36. The summed E-state index contributed by atoms with van der Waals surface area (Å²) in [7, 11) is 0. The van der Waals surface area contributed by atoms with Crippen LogP contribution in [0.1, 0.15) is 47.6 Å². The number of rotatable bonds is 8. The minimum absolute atomic E-state index is 0.257. The molecule has 3 aromatic heterocycles. The Labute approximate surface area is 184 Å². The van der Waals surface area contributed by atoms with Gasteiger partial charge < -0.3 is 14.6 Å². The molecule has 1 N–H and O–H groups in total. The van der Waals surface area contributed by atoms with E-state index in [2.05, 4.69) is 25.4 Å². The lowest BCUT2D eigenvalue weighted by Crippen LogP contribution is -2.23. The lowest BCUT2D eigenvalue weighted by atomic mass is 10.2. The van der Waals surface area contributed by atoms with Crippen molar-refractivity contribution in [1.82, 2.24) is 30.0 Å². The number of amides is 1. The standard InChI is InChI=1S/C23H22N6O3/c1-2-31-18-8-3-15(4-9-18)11-25-22(30)19-13-29(14-26-19)20-10-7-17(12-24-20)23-27-21(28-32-23)16-5-6-16/h3-4,7-10,12-14,16H,2,5-6,11H2,1H3,(H,25,30). The summed E-state index contributed by atoms with van der Waals surface area (Å²) in [6.07, 6.45) is 7.12. The van der Waals surface area contributed by atoms with Gasteiger partial charge in [-0.25, -0.2) is 9.97 Å². The number of carbonyl (C=O) groups is 1. The molecule has 3 heterocycles. The third-order valence-corrected chi connectivity index (χ3v) is 5.15. The summed E-state index contributed by atoms with van der Waals surface area (Å²) in [6.45, 7) is 2.96. The fourth-order valence-corrected chi connectivity index (χ4v) is 3.23. The molecular formula is C23H22N6O3. The monoisotopic (exact) mass is 430 g/mol. The molecule has 1 fully saturated rings. The Kier molecular flexibility index (Phi) is 5.37. The molecule has 1 aromatic carbocycles. The molecule has 9 nitrogen and oxygen atoms in total. The molecule has 0 spiro atoms. The van der Waals surface area contributed by atoms with E-state index in [1.54, 1.807) is 23.3 Å². The Morgan fingerprint density at radius 1 is 1.19 bits per heavy atom. The second kappa shape index (κ2) is 8.62. The summed E-state index contributed by atoms with van der Waals surface area (Å²) in [6, 6.07) is 11.3. The number of aromatic nitrogens is 5. The van der Waals surface area contributed by atoms with E-state index in [1.807, 2.05) is 43.3 Å². The van der Waals surface area contributed by atoms with Crippen molar-refractivity contribution in [3.8, 4) is 23.0 Å². The van der Waals surface area contributed by atoms with Gasteiger partial charge in [0.15, 0.2) is 5.82 Å². The number of pyridine rings is 1. The van der Waals surface area contributed by atoms with E-state index in [9.17, 15) is 4.79 Å². The largest absolute Gasteiger partial charge is 0.494 e. The van der Waals surface area contributed by atoms with Crippen molar-refractivity contribution in [2.75, 3.05) is 6.61 Å². The van der Waals surface area contributed by atoms with Gasteiger partial charge in [0, 0.05) is 24.9 Å². The van der Waals surface area contributed by atoms with Gasteiger partial charge in [-0.2, -0.15) is 4.98 Å². The van der Waals surface area contributed by atoms with Crippen molar-refractivity contribution >= 4 is 5.91 Å². The molecule has 1 amide bonds. The molecule has 0 atom stereocenters. The number of benzene rings is 1. The first-order chi connectivity index (χ1) is 15.7. The van der Waals surface area contributed by atoms with Crippen LogP contribution < -0.4 is 10.1 Å².